The van der Waals surface area contributed by atoms with Crippen molar-refractivity contribution < 1.29 is 14.2 Å². The summed E-state index contributed by atoms with van der Waals surface area (Å²) in [4.78, 5) is 4.17. The van der Waals surface area contributed by atoms with Gasteiger partial charge in [0.1, 0.15) is 11.4 Å². The van der Waals surface area contributed by atoms with Crippen molar-refractivity contribution in [1.29, 1.82) is 0 Å². The van der Waals surface area contributed by atoms with Gasteiger partial charge in [0, 0.05) is 24.9 Å². The Morgan fingerprint density at radius 2 is 1.93 bits per heavy atom. The SMILES string of the molecule is COc1cc(Br)cnc1C(OC)OC. The van der Waals surface area contributed by atoms with Gasteiger partial charge in [0.2, 0.25) is 6.29 Å². The maximum atomic E-state index is 5.16. The highest BCUT2D eigenvalue weighted by atomic mass is 79.9. The Bertz CT molecular complexity index is 302. The molecule has 0 saturated heterocycles. The van der Waals surface area contributed by atoms with Crippen molar-refractivity contribution in [3.8, 4) is 5.75 Å². The molecule has 0 N–H and O–H groups in total. The van der Waals surface area contributed by atoms with E-state index in [1.807, 2.05) is 6.07 Å². The lowest BCUT2D eigenvalue weighted by Gasteiger charge is -2.15. The third-order valence-corrected chi connectivity index (χ3v) is 2.15. The number of halogens is 1. The van der Waals surface area contributed by atoms with Crippen molar-refractivity contribution in [3.05, 3.63) is 22.4 Å². The van der Waals surface area contributed by atoms with Crippen LogP contribution in [0.15, 0.2) is 16.7 Å². The molecule has 0 amide bonds. The number of pyridine rings is 1. The number of aromatic nitrogens is 1. The number of ether oxygens (including phenoxy) is 3. The molecule has 1 aromatic heterocycles. The van der Waals surface area contributed by atoms with Crippen molar-refractivity contribution >= 4 is 15.9 Å². The first-order valence-corrected chi connectivity index (χ1v) is 4.77. The maximum Gasteiger partial charge on any atom is 0.204 e. The molecule has 0 saturated carbocycles. The average molecular weight is 262 g/mol. The van der Waals surface area contributed by atoms with Gasteiger partial charge in [0.05, 0.1) is 7.11 Å². The quantitative estimate of drug-likeness (QED) is 0.779. The summed E-state index contributed by atoms with van der Waals surface area (Å²) in [5.41, 5.74) is 0.626. The minimum Gasteiger partial charge on any atom is -0.495 e. The van der Waals surface area contributed by atoms with E-state index in [0.717, 1.165) is 4.47 Å². The zero-order chi connectivity index (χ0) is 10.6. The van der Waals surface area contributed by atoms with E-state index in [2.05, 4.69) is 20.9 Å². The minimum absolute atomic E-state index is 0.502. The summed E-state index contributed by atoms with van der Waals surface area (Å²) in [6, 6.07) is 1.81. The number of nitrogens with zero attached hydrogens (tertiary/aromatic N) is 1. The van der Waals surface area contributed by atoms with Crippen LogP contribution in [0.2, 0.25) is 0 Å². The van der Waals surface area contributed by atoms with Gasteiger partial charge in [0.25, 0.3) is 0 Å². The first-order valence-electron chi connectivity index (χ1n) is 3.98. The normalized spacial score (nSPS) is 10.6. The molecule has 0 radical (unpaired) electrons. The predicted molar refractivity (Wildman–Crippen MR) is 55.2 cm³/mol. The van der Waals surface area contributed by atoms with Gasteiger partial charge in [-0.25, -0.2) is 0 Å². The van der Waals surface area contributed by atoms with E-state index < -0.39 is 6.29 Å². The first-order chi connectivity index (χ1) is 6.72. The van der Waals surface area contributed by atoms with Crippen LogP contribution in [0.4, 0.5) is 0 Å². The third-order valence-electron chi connectivity index (χ3n) is 1.72. The fourth-order valence-electron chi connectivity index (χ4n) is 1.09. The van der Waals surface area contributed by atoms with Gasteiger partial charge < -0.3 is 14.2 Å². The van der Waals surface area contributed by atoms with Crippen LogP contribution in [0.5, 0.6) is 5.75 Å². The van der Waals surface area contributed by atoms with E-state index in [9.17, 15) is 0 Å². The molecule has 0 unspecified atom stereocenters. The van der Waals surface area contributed by atoms with Gasteiger partial charge >= 0.3 is 0 Å². The fourth-order valence-corrected chi connectivity index (χ4v) is 1.40. The first kappa shape index (κ1) is 11.4. The van der Waals surface area contributed by atoms with Gasteiger partial charge in [-0.05, 0) is 22.0 Å². The third kappa shape index (κ3) is 2.43. The predicted octanol–water partition coefficient (Wildman–Crippen LogP) is 2.14. The van der Waals surface area contributed by atoms with Crippen LogP contribution >= 0.6 is 15.9 Å². The van der Waals surface area contributed by atoms with Crippen LogP contribution < -0.4 is 4.74 Å². The molecule has 0 spiro atoms. The van der Waals surface area contributed by atoms with E-state index in [1.165, 1.54) is 0 Å². The Balaban J connectivity index is 3.06. The summed E-state index contributed by atoms with van der Waals surface area (Å²) >= 11 is 3.31. The molecule has 0 fully saturated rings. The largest absolute Gasteiger partial charge is 0.495 e. The lowest BCUT2D eigenvalue weighted by atomic mass is 10.3. The van der Waals surface area contributed by atoms with E-state index >= 15 is 0 Å². The molecule has 5 heteroatoms. The highest BCUT2D eigenvalue weighted by Gasteiger charge is 2.16. The summed E-state index contributed by atoms with van der Waals surface area (Å²) in [6.07, 6.45) is 1.17. The molecular weight excluding hydrogens is 250 g/mol. The summed E-state index contributed by atoms with van der Waals surface area (Å²) in [7, 11) is 4.68. The molecule has 14 heavy (non-hydrogen) atoms. The van der Waals surface area contributed by atoms with Gasteiger partial charge in [-0.3, -0.25) is 4.98 Å². The monoisotopic (exact) mass is 261 g/mol. The lowest BCUT2D eigenvalue weighted by molar-refractivity contribution is -0.109. The Kier molecular flexibility index (Phi) is 4.31. The topological polar surface area (TPSA) is 40.6 Å². The van der Waals surface area contributed by atoms with Crippen LogP contribution in [-0.4, -0.2) is 26.3 Å². The molecule has 0 aliphatic heterocycles. The molecule has 1 aromatic rings. The number of hydrogen-bond donors (Lipinski definition) is 0. The fraction of sp³-hybridized carbons (Fsp3) is 0.444. The second-order valence-electron chi connectivity index (χ2n) is 2.54. The molecule has 4 nitrogen and oxygen atoms in total. The Hall–Kier alpha value is -0.650. The molecule has 0 aliphatic carbocycles. The number of rotatable bonds is 4. The van der Waals surface area contributed by atoms with Crippen molar-refractivity contribution in [1.82, 2.24) is 4.98 Å². The average Bonchev–Trinajstić information content (AvgIpc) is 2.21. The van der Waals surface area contributed by atoms with E-state index in [-0.39, 0.29) is 0 Å². The van der Waals surface area contributed by atoms with E-state index in [4.69, 9.17) is 14.2 Å². The number of methoxy groups -OCH3 is 3. The summed E-state index contributed by atoms with van der Waals surface area (Å²) < 4.78 is 16.2. The van der Waals surface area contributed by atoms with Crippen molar-refractivity contribution in [3.63, 3.8) is 0 Å². The van der Waals surface area contributed by atoms with Gasteiger partial charge in [-0.15, -0.1) is 0 Å². The van der Waals surface area contributed by atoms with Crippen LogP contribution in [-0.2, 0) is 9.47 Å². The van der Waals surface area contributed by atoms with Crippen molar-refractivity contribution in [2.45, 2.75) is 6.29 Å². The molecule has 1 heterocycles. The van der Waals surface area contributed by atoms with Crippen LogP contribution in [0, 0.1) is 0 Å². The lowest BCUT2D eigenvalue weighted by Crippen LogP contribution is -2.07. The highest BCUT2D eigenvalue weighted by Crippen LogP contribution is 2.27. The second-order valence-corrected chi connectivity index (χ2v) is 3.46. The molecular formula is C9H12BrNO3. The van der Waals surface area contributed by atoms with Gasteiger partial charge in [0.15, 0.2) is 0 Å². The van der Waals surface area contributed by atoms with Crippen LogP contribution in [0.3, 0.4) is 0 Å². The maximum absolute atomic E-state index is 5.16. The smallest absolute Gasteiger partial charge is 0.204 e. The summed E-state index contributed by atoms with van der Waals surface area (Å²) in [6.45, 7) is 0. The summed E-state index contributed by atoms with van der Waals surface area (Å²) in [5, 5.41) is 0. The Morgan fingerprint density at radius 1 is 1.29 bits per heavy atom. The molecule has 0 bridgehead atoms. The molecule has 0 aromatic carbocycles. The van der Waals surface area contributed by atoms with E-state index in [1.54, 1.807) is 27.5 Å². The van der Waals surface area contributed by atoms with Gasteiger partial charge in [-0.2, -0.15) is 0 Å². The van der Waals surface area contributed by atoms with Crippen molar-refractivity contribution in [2.75, 3.05) is 21.3 Å². The minimum atomic E-state index is -0.502. The standard InChI is InChI=1S/C9H12BrNO3/c1-12-7-4-6(10)5-11-8(7)9(13-2)14-3/h4-5,9H,1-3H3. The highest BCUT2D eigenvalue weighted by molar-refractivity contribution is 9.10. The Morgan fingerprint density at radius 3 is 2.43 bits per heavy atom. The van der Waals surface area contributed by atoms with Crippen molar-refractivity contribution in [2.24, 2.45) is 0 Å². The van der Waals surface area contributed by atoms with Crippen LogP contribution in [0.25, 0.3) is 0 Å². The van der Waals surface area contributed by atoms with Gasteiger partial charge in [-0.1, -0.05) is 0 Å². The zero-order valence-corrected chi connectivity index (χ0v) is 9.87. The van der Waals surface area contributed by atoms with E-state index in [0.29, 0.717) is 11.4 Å². The molecule has 0 aliphatic rings. The second kappa shape index (κ2) is 5.29. The Labute approximate surface area is 91.3 Å². The summed E-state index contributed by atoms with van der Waals surface area (Å²) in [5.74, 6) is 0.632. The number of hydrogen-bond acceptors (Lipinski definition) is 4. The van der Waals surface area contributed by atoms with Crippen LogP contribution in [0.1, 0.15) is 12.0 Å². The molecule has 78 valence electrons. The zero-order valence-electron chi connectivity index (χ0n) is 8.28. The molecule has 1 rings (SSSR count). The molecule has 0 atom stereocenters.